The summed E-state index contributed by atoms with van der Waals surface area (Å²) in [6, 6.07) is 21.0. The number of sulfonamides is 1. The molecule has 0 saturated heterocycles. The second-order valence-electron chi connectivity index (χ2n) is 10.4. The van der Waals surface area contributed by atoms with Crippen LogP contribution in [0.4, 0.5) is 10.1 Å². The zero-order valence-electron chi connectivity index (χ0n) is 23.0. The minimum absolute atomic E-state index is 0.0332. The van der Waals surface area contributed by atoms with Crippen molar-refractivity contribution in [1.82, 2.24) is 10.2 Å². The number of hydrogen-bond acceptors (Lipinski definition) is 4. The number of anilines is 1. The molecule has 7 nitrogen and oxygen atoms in total. The average Bonchev–Trinajstić information content (AvgIpc) is 2.95. The first-order chi connectivity index (χ1) is 19.6. The average molecular weight is 645 g/mol. The molecule has 1 N–H and O–H groups in total. The number of nitrogens with zero attached hydrogens (tertiary/aromatic N) is 2. The van der Waals surface area contributed by atoms with Gasteiger partial charge >= 0.3 is 0 Å². The number of nitrogens with one attached hydrogen (secondary N) is 1. The van der Waals surface area contributed by atoms with Crippen LogP contribution in [0.25, 0.3) is 0 Å². The second kappa shape index (κ2) is 14.1. The van der Waals surface area contributed by atoms with E-state index in [1.807, 2.05) is 54.6 Å². The number of benzene rings is 3. The first kappa shape index (κ1) is 30.7. The number of rotatable bonds is 11. The molecule has 1 fully saturated rings. The minimum atomic E-state index is -3.91. The molecular formula is C31H35BrFN3O4S. The molecule has 0 aliphatic heterocycles. The predicted octanol–water partition coefficient (Wildman–Crippen LogP) is 5.44. The van der Waals surface area contributed by atoms with Crippen molar-refractivity contribution in [1.29, 1.82) is 0 Å². The molecule has 0 aromatic heterocycles. The summed E-state index contributed by atoms with van der Waals surface area (Å²) in [4.78, 5) is 29.5. The maximum Gasteiger partial charge on any atom is 0.244 e. The van der Waals surface area contributed by atoms with E-state index in [1.165, 1.54) is 17.0 Å². The van der Waals surface area contributed by atoms with E-state index in [4.69, 9.17) is 0 Å². The number of carbonyl (C=O) groups excluding carboxylic acids is 2. The Hall–Kier alpha value is -3.24. The van der Waals surface area contributed by atoms with Crippen LogP contribution in [0.3, 0.4) is 0 Å². The van der Waals surface area contributed by atoms with Crippen LogP contribution in [0.15, 0.2) is 83.3 Å². The standard InChI is InChI=1S/C31H35BrFN3O4S/c1-41(39,40)36(28-18-16-26(33)17-19-28)22-30(37)35(21-24-12-14-25(32)15-13-24)29(20-23-8-4-2-5-9-23)31(38)34-27-10-6-3-7-11-27/h2,4-5,8-9,12-19,27,29H,3,6-7,10-11,20-22H2,1H3,(H,34,38)/t29-/m1/s1. The molecule has 3 aromatic carbocycles. The molecule has 1 aliphatic rings. The zero-order chi connectivity index (χ0) is 29.4. The molecule has 0 bridgehead atoms. The largest absolute Gasteiger partial charge is 0.352 e. The van der Waals surface area contributed by atoms with Crippen molar-refractivity contribution in [2.45, 2.75) is 57.2 Å². The lowest BCUT2D eigenvalue weighted by molar-refractivity contribution is -0.140. The topological polar surface area (TPSA) is 86.8 Å². The van der Waals surface area contributed by atoms with Gasteiger partial charge in [-0.1, -0.05) is 77.7 Å². The van der Waals surface area contributed by atoms with Crippen LogP contribution in [0.2, 0.25) is 0 Å². The number of carbonyl (C=O) groups is 2. The van der Waals surface area contributed by atoms with Gasteiger partial charge in [-0.25, -0.2) is 12.8 Å². The fourth-order valence-corrected chi connectivity index (χ4v) is 6.22. The lowest BCUT2D eigenvalue weighted by atomic mass is 9.94. The molecule has 0 heterocycles. The van der Waals surface area contributed by atoms with Crippen molar-refractivity contribution in [3.8, 4) is 0 Å². The van der Waals surface area contributed by atoms with Crippen LogP contribution in [0.1, 0.15) is 43.2 Å². The van der Waals surface area contributed by atoms with Gasteiger partial charge in [0.2, 0.25) is 21.8 Å². The zero-order valence-corrected chi connectivity index (χ0v) is 25.4. The van der Waals surface area contributed by atoms with E-state index in [-0.39, 0.29) is 30.6 Å². The van der Waals surface area contributed by atoms with Crippen molar-refractivity contribution in [2.24, 2.45) is 0 Å². The Labute approximate surface area is 249 Å². The molecule has 218 valence electrons. The maximum absolute atomic E-state index is 14.1. The molecular weight excluding hydrogens is 609 g/mol. The molecule has 3 aromatic rings. The highest BCUT2D eigenvalue weighted by Crippen LogP contribution is 2.23. The van der Waals surface area contributed by atoms with Gasteiger partial charge in [0.1, 0.15) is 18.4 Å². The highest BCUT2D eigenvalue weighted by atomic mass is 79.9. The quantitative estimate of drug-likeness (QED) is 0.301. The van der Waals surface area contributed by atoms with Crippen molar-refractivity contribution >= 4 is 43.5 Å². The molecule has 0 spiro atoms. The van der Waals surface area contributed by atoms with E-state index >= 15 is 0 Å². The van der Waals surface area contributed by atoms with E-state index in [9.17, 15) is 22.4 Å². The molecule has 1 atom stereocenters. The lowest BCUT2D eigenvalue weighted by Gasteiger charge is -2.35. The third-order valence-electron chi connectivity index (χ3n) is 7.28. The molecule has 0 unspecified atom stereocenters. The number of amides is 2. The summed E-state index contributed by atoms with van der Waals surface area (Å²) in [5.74, 6) is -1.33. The van der Waals surface area contributed by atoms with Gasteiger partial charge in [0.05, 0.1) is 11.9 Å². The summed E-state index contributed by atoms with van der Waals surface area (Å²) in [6.07, 6.45) is 6.25. The second-order valence-corrected chi connectivity index (χ2v) is 13.3. The third-order valence-corrected chi connectivity index (χ3v) is 8.95. The summed E-state index contributed by atoms with van der Waals surface area (Å²) >= 11 is 3.43. The Bertz CT molecular complexity index is 1410. The Morgan fingerprint density at radius 3 is 2.17 bits per heavy atom. The summed E-state index contributed by atoms with van der Waals surface area (Å²) in [7, 11) is -3.91. The summed E-state index contributed by atoms with van der Waals surface area (Å²) in [5, 5.41) is 3.18. The monoisotopic (exact) mass is 643 g/mol. The Morgan fingerprint density at radius 2 is 1.56 bits per heavy atom. The number of hydrogen-bond donors (Lipinski definition) is 1. The van der Waals surface area contributed by atoms with Crippen LogP contribution in [-0.2, 0) is 32.6 Å². The van der Waals surface area contributed by atoms with Crippen LogP contribution in [-0.4, -0.2) is 50.0 Å². The molecule has 10 heteroatoms. The first-order valence-electron chi connectivity index (χ1n) is 13.7. The molecule has 2 amide bonds. The van der Waals surface area contributed by atoms with Gasteiger partial charge in [0.25, 0.3) is 0 Å². The molecule has 0 radical (unpaired) electrons. The van der Waals surface area contributed by atoms with Gasteiger partial charge < -0.3 is 10.2 Å². The third kappa shape index (κ3) is 8.87. The smallest absolute Gasteiger partial charge is 0.244 e. The van der Waals surface area contributed by atoms with Crippen LogP contribution < -0.4 is 9.62 Å². The van der Waals surface area contributed by atoms with Gasteiger partial charge in [-0.3, -0.25) is 13.9 Å². The summed E-state index contributed by atoms with van der Waals surface area (Å²) < 4.78 is 41.0. The molecule has 1 aliphatic carbocycles. The van der Waals surface area contributed by atoms with Crippen molar-refractivity contribution in [2.75, 3.05) is 17.1 Å². The van der Waals surface area contributed by atoms with Gasteiger partial charge in [-0.2, -0.15) is 0 Å². The van der Waals surface area contributed by atoms with Crippen molar-refractivity contribution in [3.63, 3.8) is 0 Å². The SMILES string of the molecule is CS(=O)(=O)N(CC(=O)N(Cc1ccc(Br)cc1)[C@H](Cc1ccccc1)C(=O)NC1CCCCC1)c1ccc(F)cc1. The summed E-state index contributed by atoms with van der Waals surface area (Å²) in [6.45, 7) is -0.439. The van der Waals surface area contributed by atoms with Gasteiger partial charge in [0, 0.05) is 23.5 Å². The fourth-order valence-electron chi connectivity index (χ4n) is 5.11. The van der Waals surface area contributed by atoms with Crippen LogP contribution in [0.5, 0.6) is 0 Å². The summed E-state index contributed by atoms with van der Waals surface area (Å²) in [5.41, 5.74) is 1.83. The van der Waals surface area contributed by atoms with Crippen molar-refractivity contribution < 1.29 is 22.4 Å². The molecule has 4 rings (SSSR count). The number of halogens is 2. The maximum atomic E-state index is 14.1. The van der Waals surface area contributed by atoms with E-state index in [1.54, 1.807) is 0 Å². The van der Waals surface area contributed by atoms with E-state index in [0.29, 0.717) is 0 Å². The lowest BCUT2D eigenvalue weighted by Crippen LogP contribution is -2.55. The van der Waals surface area contributed by atoms with E-state index in [2.05, 4.69) is 21.2 Å². The highest BCUT2D eigenvalue weighted by molar-refractivity contribution is 9.10. The highest BCUT2D eigenvalue weighted by Gasteiger charge is 2.34. The fraction of sp³-hybridized carbons (Fsp3) is 0.355. The first-order valence-corrected chi connectivity index (χ1v) is 16.4. The molecule has 41 heavy (non-hydrogen) atoms. The Balaban J connectivity index is 1.71. The van der Waals surface area contributed by atoms with Gasteiger partial charge in [-0.05, 0) is 60.4 Å². The minimum Gasteiger partial charge on any atom is -0.352 e. The normalized spacial score (nSPS) is 14.7. The molecule has 1 saturated carbocycles. The van der Waals surface area contributed by atoms with Gasteiger partial charge in [-0.15, -0.1) is 0 Å². The van der Waals surface area contributed by atoms with Crippen molar-refractivity contribution in [3.05, 3.63) is 100 Å². The Kier molecular flexibility index (Phi) is 10.6. The van der Waals surface area contributed by atoms with E-state index in [0.717, 1.165) is 70.4 Å². The predicted molar refractivity (Wildman–Crippen MR) is 162 cm³/mol. The Morgan fingerprint density at radius 1 is 0.927 bits per heavy atom. The van der Waals surface area contributed by atoms with Gasteiger partial charge in [0.15, 0.2) is 0 Å². The van der Waals surface area contributed by atoms with E-state index < -0.39 is 34.3 Å². The van der Waals surface area contributed by atoms with Crippen LogP contribution >= 0.6 is 15.9 Å². The van der Waals surface area contributed by atoms with Crippen LogP contribution in [0, 0.1) is 5.82 Å².